The second kappa shape index (κ2) is 9.19. The minimum Gasteiger partial charge on any atom is -0.488 e. The van der Waals surface area contributed by atoms with Gasteiger partial charge < -0.3 is 4.74 Å². The lowest BCUT2D eigenvalue weighted by molar-refractivity contribution is -0.122. The summed E-state index contributed by atoms with van der Waals surface area (Å²) in [6.45, 7) is 0.609. The molecule has 1 aliphatic heterocycles. The maximum Gasteiger partial charge on any atom is 0.266 e. The average molecular weight is 437 g/mol. The zero-order valence-electron chi connectivity index (χ0n) is 15.8. The molecule has 0 unspecified atom stereocenters. The second-order valence-electron chi connectivity index (χ2n) is 6.59. The van der Waals surface area contributed by atoms with Crippen molar-refractivity contribution in [3.8, 4) is 5.75 Å². The predicted octanol–water partition coefficient (Wildman–Crippen LogP) is 5.20. The second-order valence-corrected chi connectivity index (χ2v) is 8.26. The largest absolute Gasteiger partial charge is 0.488 e. The standard InChI is InChI=1S/C23H17FN2O2S2/c24-19-8-3-5-16(11-19)15-28-20-9-2-1-7-18(20)12-21-22(27)26(23(29)30-21)14-17-6-4-10-25-13-17/h1-13H,14-15H2. The molecule has 0 saturated carbocycles. The molecule has 0 atom stereocenters. The molecule has 4 rings (SSSR count). The van der Waals surface area contributed by atoms with Crippen molar-refractivity contribution in [2.45, 2.75) is 13.2 Å². The molecule has 1 aromatic heterocycles. The van der Waals surface area contributed by atoms with E-state index < -0.39 is 0 Å². The smallest absolute Gasteiger partial charge is 0.266 e. The van der Waals surface area contributed by atoms with Crippen LogP contribution >= 0.6 is 24.0 Å². The van der Waals surface area contributed by atoms with Gasteiger partial charge in [0.25, 0.3) is 5.91 Å². The van der Waals surface area contributed by atoms with Crippen LogP contribution in [0.4, 0.5) is 4.39 Å². The Labute approximate surface area is 183 Å². The molecule has 150 valence electrons. The first-order chi connectivity index (χ1) is 14.6. The van der Waals surface area contributed by atoms with E-state index in [1.165, 1.54) is 23.9 Å². The van der Waals surface area contributed by atoms with E-state index in [1.54, 1.807) is 35.5 Å². The topological polar surface area (TPSA) is 42.4 Å². The molecule has 7 heteroatoms. The Hall–Kier alpha value is -3.03. The third-order valence-corrected chi connectivity index (χ3v) is 5.80. The van der Waals surface area contributed by atoms with Crippen LogP contribution in [0.3, 0.4) is 0 Å². The first-order valence-corrected chi connectivity index (χ1v) is 10.4. The number of nitrogens with zero attached hydrogens (tertiary/aromatic N) is 2. The van der Waals surface area contributed by atoms with Crippen LogP contribution in [0.5, 0.6) is 5.75 Å². The summed E-state index contributed by atoms with van der Waals surface area (Å²) in [5.41, 5.74) is 2.40. The molecule has 1 aliphatic rings. The van der Waals surface area contributed by atoms with Gasteiger partial charge in [-0.2, -0.15) is 0 Å². The molecule has 4 nitrogen and oxygen atoms in total. The van der Waals surface area contributed by atoms with E-state index in [-0.39, 0.29) is 18.3 Å². The number of para-hydroxylation sites is 1. The molecule has 30 heavy (non-hydrogen) atoms. The highest BCUT2D eigenvalue weighted by Crippen LogP contribution is 2.35. The maximum atomic E-state index is 13.4. The molecule has 1 fully saturated rings. The van der Waals surface area contributed by atoms with Gasteiger partial charge in [0.2, 0.25) is 0 Å². The Morgan fingerprint density at radius 3 is 2.73 bits per heavy atom. The van der Waals surface area contributed by atoms with E-state index in [9.17, 15) is 9.18 Å². The Morgan fingerprint density at radius 1 is 1.10 bits per heavy atom. The molecule has 1 amide bonds. The Bertz CT molecular complexity index is 1120. The predicted molar refractivity (Wildman–Crippen MR) is 120 cm³/mol. The van der Waals surface area contributed by atoms with Crippen LogP contribution in [0.15, 0.2) is 78.0 Å². The molecular weight excluding hydrogens is 419 g/mol. The fraction of sp³-hybridized carbons (Fsp3) is 0.0870. The molecule has 2 heterocycles. The number of carbonyl (C=O) groups excluding carboxylic acids is 1. The number of hydrogen-bond acceptors (Lipinski definition) is 5. The third kappa shape index (κ3) is 4.75. The summed E-state index contributed by atoms with van der Waals surface area (Å²) < 4.78 is 19.8. The summed E-state index contributed by atoms with van der Waals surface area (Å²) in [6.07, 6.45) is 5.19. The van der Waals surface area contributed by atoms with Crippen LogP contribution in [-0.2, 0) is 17.9 Å². The first kappa shape index (κ1) is 20.3. The Kier molecular flexibility index (Phi) is 6.21. The summed E-state index contributed by atoms with van der Waals surface area (Å²) >= 11 is 6.67. The number of pyridine rings is 1. The van der Waals surface area contributed by atoms with Gasteiger partial charge in [0, 0.05) is 18.0 Å². The van der Waals surface area contributed by atoms with Crippen molar-refractivity contribution in [1.82, 2.24) is 9.88 Å². The number of thiocarbonyl (C=S) groups is 1. The van der Waals surface area contributed by atoms with Gasteiger partial charge in [-0.15, -0.1) is 0 Å². The number of thioether (sulfide) groups is 1. The first-order valence-electron chi connectivity index (χ1n) is 9.21. The molecule has 0 spiro atoms. The van der Waals surface area contributed by atoms with Crippen molar-refractivity contribution in [3.05, 3.63) is 100 Å². The van der Waals surface area contributed by atoms with E-state index in [0.717, 1.165) is 16.7 Å². The molecule has 2 aromatic carbocycles. The van der Waals surface area contributed by atoms with E-state index >= 15 is 0 Å². The summed E-state index contributed by atoms with van der Waals surface area (Å²) in [5.74, 6) is 0.162. The molecule has 0 N–H and O–H groups in total. The minimum absolute atomic E-state index is 0.145. The monoisotopic (exact) mass is 436 g/mol. The number of hydrogen-bond donors (Lipinski definition) is 0. The number of halogens is 1. The summed E-state index contributed by atoms with van der Waals surface area (Å²) in [6, 6.07) is 17.4. The molecular formula is C23H17FN2O2S2. The Balaban J connectivity index is 1.52. The number of aromatic nitrogens is 1. The normalized spacial score (nSPS) is 15.1. The average Bonchev–Trinajstić information content (AvgIpc) is 3.01. The molecule has 3 aromatic rings. The molecule has 0 bridgehead atoms. The summed E-state index contributed by atoms with van der Waals surface area (Å²) in [7, 11) is 0. The van der Waals surface area contributed by atoms with Crippen molar-refractivity contribution in [2.75, 3.05) is 0 Å². The zero-order chi connectivity index (χ0) is 20.9. The van der Waals surface area contributed by atoms with E-state index in [1.807, 2.05) is 36.4 Å². The lowest BCUT2D eigenvalue weighted by Gasteiger charge is -2.14. The fourth-order valence-corrected chi connectivity index (χ4v) is 4.22. The number of amides is 1. The van der Waals surface area contributed by atoms with Crippen LogP contribution in [0.25, 0.3) is 6.08 Å². The maximum absolute atomic E-state index is 13.4. The van der Waals surface area contributed by atoms with Crippen LogP contribution < -0.4 is 4.74 Å². The van der Waals surface area contributed by atoms with Crippen molar-refractivity contribution >= 4 is 40.3 Å². The summed E-state index contributed by atoms with van der Waals surface area (Å²) in [5, 5.41) is 0. The molecule has 0 radical (unpaired) electrons. The molecule has 1 saturated heterocycles. The lowest BCUT2D eigenvalue weighted by atomic mass is 10.1. The van der Waals surface area contributed by atoms with Crippen LogP contribution in [-0.4, -0.2) is 20.1 Å². The van der Waals surface area contributed by atoms with Crippen molar-refractivity contribution in [2.24, 2.45) is 0 Å². The van der Waals surface area contributed by atoms with Crippen molar-refractivity contribution < 1.29 is 13.9 Å². The third-order valence-electron chi connectivity index (χ3n) is 4.43. The van der Waals surface area contributed by atoms with Crippen LogP contribution in [0, 0.1) is 5.82 Å². The highest BCUT2D eigenvalue weighted by atomic mass is 32.2. The van der Waals surface area contributed by atoms with E-state index in [2.05, 4.69) is 4.98 Å². The van der Waals surface area contributed by atoms with Gasteiger partial charge in [-0.3, -0.25) is 14.7 Å². The lowest BCUT2D eigenvalue weighted by Crippen LogP contribution is -2.27. The fourth-order valence-electron chi connectivity index (χ4n) is 2.97. The van der Waals surface area contributed by atoms with Crippen LogP contribution in [0.1, 0.15) is 16.7 Å². The van der Waals surface area contributed by atoms with Gasteiger partial charge in [-0.25, -0.2) is 4.39 Å². The Morgan fingerprint density at radius 2 is 1.93 bits per heavy atom. The van der Waals surface area contributed by atoms with Crippen molar-refractivity contribution in [3.63, 3.8) is 0 Å². The van der Waals surface area contributed by atoms with Gasteiger partial charge in [-0.05, 0) is 41.5 Å². The quantitative estimate of drug-likeness (QED) is 0.392. The highest BCUT2D eigenvalue weighted by molar-refractivity contribution is 8.26. The van der Waals surface area contributed by atoms with Crippen molar-refractivity contribution in [1.29, 1.82) is 0 Å². The highest BCUT2D eigenvalue weighted by Gasteiger charge is 2.32. The number of benzene rings is 2. The van der Waals surface area contributed by atoms with E-state index in [0.29, 0.717) is 21.5 Å². The van der Waals surface area contributed by atoms with Gasteiger partial charge in [0.1, 0.15) is 22.5 Å². The van der Waals surface area contributed by atoms with Gasteiger partial charge in [0.15, 0.2) is 0 Å². The SMILES string of the molecule is O=C1C(=Cc2ccccc2OCc2cccc(F)c2)SC(=S)N1Cc1cccnc1. The number of rotatable bonds is 6. The zero-order valence-corrected chi connectivity index (χ0v) is 17.5. The molecule has 0 aliphatic carbocycles. The van der Waals surface area contributed by atoms with Gasteiger partial charge in [0.05, 0.1) is 11.4 Å². The van der Waals surface area contributed by atoms with Gasteiger partial charge >= 0.3 is 0 Å². The minimum atomic E-state index is -0.304. The number of ether oxygens (including phenoxy) is 1. The summed E-state index contributed by atoms with van der Waals surface area (Å²) in [4.78, 5) is 19.1. The van der Waals surface area contributed by atoms with Gasteiger partial charge in [-0.1, -0.05) is 60.4 Å². The van der Waals surface area contributed by atoms with Crippen LogP contribution in [0.2, 0.25) is 0 Å². The number of carbonyl (C=O) groups is 1. The van der Waals surface area contributed by atoms with E-state index in [4.69, 9.17) is 17.0 Å².